The normalized spacial score (nSPS) is 14.7. The van der Waals surface area contributed by atoms with Gasteiger partial charge in [0.1, 0.15) is 0 Å². The SMILES string of the molecule is CC(C)(C)[Si](C)(C)/C=C(/C(=C/[Si](C)(C)C(C)(C)C)c1ccccc1)c1ccccc1. The largest absolute Gasteiger partial charge is 0.0859 e. The fourth-order valence-electron chi connectivity index (χ4n) is 3.02. The third-order valence-electron chi connectivity index (χ3n) is 7.34. The molecule has 0 spiro atoms. The maximum absolute atomic E-state index is 2.66. The van der Waals surface area contributed by atoms with E-state index in [0.717, 1.165) is 0 Å². The Morgan fingerprint density at radius 1 is 0.533 bits per heavy atom. The molecule has 2 aromatic rings. The Balaban J connectivity index is 2.87. The van der Waals surface area contributed by atoms with Crippen LogP contribution in [0, 0.1) is 0 Å². The van der Waals surface area contributed by atoms with Crippen LogP contribution in [0.5, 0.6) is 0 Å². The summed E-state index contributed by atoms with van der Waals surface area (Å²) in [4.78, 5) is 0. The van der Waals surface area contributed by atoms with Crippen LogP contribution in [0.1, 0.15) is 52.7 Å². The summed E-state index contributed by atoms with van der Waals surface area (Å²) in [6, 6.07) is 22.0. The molecular weight excluding hydrogens is 392 g/mol. The molecule has 162 valence electrons. The Morgan fingerprint density at radius 2 is 0.800 bits per heavy atom. The highest BCUT2D eigenvalue weighted by Crippen LogP contribution is 2.44. The van der Waals surface area contributed by atoms with E-state index in [9.17, 15) is 0 Å². The van der Waals surface area contributed by atoms with Crippen molar-refractivity contribution in [2.75, 3.05) is 0 Å². The molecule has 2 heteroatoms. The molecule has 0 aliphatic heterocycles. The summed E-state index contributed by atoms with van der Waals surface area (Å²) >= 11 is 0. The van der Waals surface area contributed by atoms with E-state index in [4.69, 9.17) is 0 Å². The molecule has 30 heavy (non-hydrogen) atoms. The molecule has 0 N–H and O–H groups in total. The van der Waals surface area contributed by atoms with Gasteiger partial charge < -0.3 is 0 Å². The lowest BCUT2D eigenvalue weighted by Crippen LogP contribution is -2.36. The molecule has 0 nitrogen and oxygen atoms in total. The van der Waals surface area contributed by atoms with Gasteiger partial charge in [-0.15, -0.1) is 0 Å². The first-order valence-electron chi connectivity index (χ1n) is 11.2. The summed E-state index contributed by atoms with van der Waals surface area (Å²) in [5.41, 5.74) is 10.8. The molecule has 0 saturated carbocycles. The molecule has 0 aliphatic rings. The van der Waals surface area contributed by atoms with Gasteiger partial charge in [0, 0.05) is 0 Å². The van der Waals surface area contributed by atoms with Crippen molar-refractivity contribution in [1.82, 2.24) is 0 Å². The van der Waals surface area contributed by atoms with Crippen LogP contribution in [0.15, 0.2) is 72.1 Å². The van der Waals surface area contributed by atoms with E-state index in [0.29, 0.717) is 10.1 Å². The number of rotatable bonds is 5. The third kappa shape index (κ3) is 5.73. The molecule has 0 bridgehead atoms. The second kappa shape index (κ2) is 8.84. The van der Waals surface area contributed by atoms with Crippen LogP contribution in [0.3, 0.4) is 0 Å². The second-order valence-electron chi connectivity index (χ2n) is 11.8. The maximum atomic E-state index is 2.66. The number of hydrogen-bond acceptors (Lipinski definition) is 0. The Bertz CT molecular complexity index is 810. The average Bonchev–Trinajstić information content (AvgIpc) is 2.64. The summed E-state index contributed by atoms with van der Waals surface area (Å²) in [6.45, 7) is 24.4. The van der Waals surface area contributed by atoms with Crippen molar-refractivity contribution in [3.63, 3.8) is 0 Å². The molecule has 0 atom stereocenters. The van der Waals surface area contributed by atoms with Crippen molar-refractivity contribution in [1.29, 1.82) is 0 Å². The van der Waals surface area contributed by atoms with Crippen LogP contribution >= 0.6 is 0 Å². The fourth-order valence-corrected chi connectivity index (χ4v) is 5.98. The van der Waals surface area contributed by atoms with Gasteiger partial charge in [0.25, 0.3) is 0 Å². The minimum Gasteiger partial charge on any atom is -0.0859 e. The second-order valence-corrected chi connectivity index (χ2v) is 22.3. The van der Waals surface area contributed by atoms with Crippen molar-refractivity contribution < 1.29 is 0 Å². The topological polar surface area (TPSA) is 0 Å². The summed E-state index contributed by atoms with van der Waals surface area (Å²) in [5, 5.41) is 0.595. The molecule has 0 radical (unpaired) electrons. The summed E-state index contributed by atoms with van der Waals surface area (Å²) in [6.07, 6.45) is 0. The average molecular weight is 435 g/mol. The quantitative estimate of drug-likeness (QED) is 0.325. The highest BCUT2D eigenvalue weighted by atomic mass is 28.3. The van der Waals surface area contributed by atoms with Gasteiger partial charge in [-0.05, 0) is 32.3 Å². The van der Waals surface area contributed by atoms with Gasteiger partial charge in [-0.3, -0.25) is 0 Å². The van der Waals surface area contributed by atoms with E-state index in [-0.39, 0.29) is 0 Å². The Morgan fingerprint density at radius 3 is 1.03 bits per heavy atom. The van der Waals surface area contributed by atoms with Gasteiger partial charge in [-0.1, -0.05) is 140 Å². The van der Waals surface area contributed by atoms with Crippen molar-refractivity contribution in [3.8, 4) is 0 Å². The zero-order valence-electron chi connectivity index (χ0n) is 20.9. The molecule has 0 aromatic heterocycles. The summed E-state index contributed by atoms with van der Waals surface area (Å²) in [7, 11) is -3.31. The molecule has 2 aromatic carbocycles. The lowest BCUT2D eigenvalue weighted by molar-refractivity contribution is 0.728. The van der Waals surface area contributed by atoms with Crippen LogP contribution in [-0.2, 0) is 0 Å². The van der Waals surface area contributed by atoms with E-state index < -0.39 is 16.1 Å². The molecular formula is C28H42Si2. The molecule has 2 rings (SSSR count). The van der Waals surface area contributed by atoms with E-state index >= 15 is 0 Å². The van der Waals surface area contributed by atoms with Gasteiger partial charge >= 0.3 is 0 Å². The fraction of sp³-hybridized carbons (Fsp3) is 0.429. The van der Waals surface area contributed by atoms with Crippen LogP contribution in [0.25, 0.3) is 11.1 Å². The van der Waals surface area contributed by atoms with Gasteiger partial charge in [-0.25, -0.2) is 0 Å². The first-order chi connectivity index (χ1) is 13.7. The van der Waals surface area contributed by atoms with E-state index in [1.54, 1.807) is 0 Å². The van der Waals surface area contributed by atoms with E-state index in [2.05, 4.69) is 140 Å². The van der Waals surface area contributed by atoms with E-state index in [1.807, 2.05) is 0 Å². The summed E-state index contributed by atoms with van der Waals surface area (Å²) < 4.78 is 0. The van der Waals surface area contributed by atoms with Crippen molar-refractivity contribution >= 4 is 27.3 Å². The molecule has 0 heterocycles. The van der Waals surface area contributed by atoms with Gasteiger partial charge in [-0.2, -0.15) is 0 Å². The molecule has 0 aliphatic carbocycles. The minimum absolute atomic E-state index is 0.297. The van der Waals surface area contributed by atoms with Crippen LogP contribution in [0.4, 0.5) is 0 Å². The monoisotopic (exact) mass is 434 g/mol. The standard InChI is InChI=1S/C28H42Si2/c1-27(2,3)29(7,8)21-25(23-17-13-11-14-18-23)26(24-19-15-12-16-20-24)22-30(9,10)28(4,5)6/h11-22H,1-10H3/b25-21+,26-22+. The Hall–Kier alpha value is -1.65. The van der Waals surface area contributed by atoms with Gasteiger partial charge in [0.05, 0.1) is 16.1 Å². The van der Waals surface area contributed by atoms with Crippen LogP contribution in [0.2, 0.25) is 36.3 Å². The van der Waals surface area contributed by atoms with Crippen LogP contribution in [-0.4, -0.2) is 16.1 Å². The zero-order chi connectivity index (χ0) is 22.8. The first kappa shape index (κ1) is 24.6. The lowest BCUT2D eigenvalue weighted by atomic mass is 9.95. The maximum Gasteiger partial charge on any atom is 0.0778 e. The van der Waals surface area contributed by atoms with Gasteiger partial charge in [0.15, 0.2) is 0 Å². The smallest absolute Gasteiger partial charge is 0.0778 e. The number of hydrogen-bond donors (Lipinski definition) is 0. The number of benzene rings is 2. The first-order valence-corrected chi connectivity index (χ1v) is 17.4. The van der Waals surface area contributed by atoms with Crippen molar-refractivity contribution in [2.45, 2.75) is 77.8 Å². The lowest BCUT2D eigenvalue weighted by Gasteiger charge is -2.37. The molecule has 0 fully saturated rings. The number of allylic oxidation sites excluding steroid dienone is 2. The Labute approximate surface area is 188 Å². The van der Waals surface area contributed by atoms with Crippen LogP contribution < -0.4 is 0 Å². The predicted octanol–water partition coefficient (Wildman–Crippen LogP) is 9.25. The predicted molar refractivity (Wildman–Crippen MR) is 143 cm³/mol. The van der Waals surface area contributed by atoms with Gasteiger partial charge in [0.2, 0.25) is 0 Å². The minimum atomic E-state index is -1.66. The summed E-state index contributed by atoms with van der Waals surface area (Å²) in [5.74, 6) is 0. The Kier molecular flexibility index (Phi) is 7.26. The highest BCUT2D eigenvalue weighted by Gasteiger charge is 2.36. The molecule has 0 unspecified atom stereocenters. The van der Waals surface area contributed by atoms with Crippen molar-refractivity contribution in [2.24, 2.45) is 0 Å². The molecule has 0 saturated heterocycles. The van der Waals surface area contributed by atoms with Crippen molar-refractivity contribution in [3.05, 3.63) is 83.2 Å². The van der Waals surface area contributed by atoms with E-state index in [1.165, 1.54) is 22.3 Å². The zero-order valence-corrected chi connectivity index (χ0v) is 22.9. The highest BCUT2D eigenvalue weighted by molar-refractivity contribution is 6.87. The molecule has 0 amide bonds. The third-order valence-corrected chi connectivity index (χ3v) is 17.1.